The number of hydrogen-bond acceptors (Lipinski definition) is 2. The molecule has 0 aliphatic heterocycles. The van der Waals surface area contributed by atoms with E-state index in [0.29, 0.717) is 0 Å². The highest BCUT2D eigenvalue weighted by atomic mass is 32.2. The molecule has 0 unspecified atom stereocenters. The number of aromatic nitrogens is 1. The molecule has 0 spiro atoms. The minimum Gasteiger partial charge on any atom is -0.218 e. The van der Waals surface area contributed by atoms with Crippen LogP contribution < -0.4 is 9.71 Å². The number of hydrogen-bond donors (Lipinski definition) is 1. The van der Waals surface area contributed by atoms with Gasteiger partial charge in [-0.25, -0.2) is 18.1 Å². The van der Waals surface area contributed by atoms with Gasteiger partial charge in [-0.15, -0.1) is 0 Å². The van der Waals surface area contributed by atoms with Gasteiger partial charge in [-0.2, -0.15) is 0 Å². The van der Waals surface area contributed by atoms with E-state index >= 15 is 0 Å². The van der Waals surface area contributed by atoms with Gasteiger partial charge < -0.3 is 0 Å². The molecule has 0 atom stereocenters. The second-order valence-corrected chi connectivity index (χ2v) is 5.82. The van der Waals surface area contributed by atoms with E-state index in [1.54, 1.807) is 36.7 Å². The Labute approximate surface area is 107 Å². The number of sulfonamides is 1. The van der Waals surface area contributed by atoms with E-state index in [0.717, 1.165) is 11.1 Å². The van der Waals surface area contributed by atoms with Crippen molar-refractivity contribution >= 4 is 10.0 Å². The van der Waals surface area contributed by atoms with Crippen LogP contribution in [0.25, 0.3) is 0 Å². The Balaban J connectivity index is 2.11. The summed E-state index contributed by atoms with van der Waals surface area (Å²) in [4.78, 5) is 3.19. The van der Waals surface area contributed by atoms with Gasteiger partial charge in [0.25, 0.3) is 0 Å². The smallest absolute Gasteiger partial charge is 0.218 e. The average molecular weight is 263 g/mol. The lowest BCUT2D eigenvalue weighted by Gasteiger charge is -2.06. The van der Waals surface area contributed by atoms with E-state index < -0.39 is 10.0 Å². The molecule has 2 rings (SSSR count). The molecule has 2 aromatic rings. The maximum atomic E-state index is 12.0. The zero-order chi connectivity index (χ0) is 13.0. The minimum absolute atomic E-state index is 0.271. The third-order valence-electron chi connectivity index (χ3n) is 2.57. The fourth-order valence-electron chi connectivity index (χ4n) is 1.52. The summed E-state index contributed by atoms with van der Waals surface area (Å²) >= 11 is 0. The standard InChI is InChI=1S/C13H14N2O2S/c1-11-4-6-13(7-5-11)18(16,17)15-10-12-3-2-8-14-9-12/h2-9,15H,10H2,1H3/p+1. The molecule has 0 aliphatic rings. The lowest BCUT2D eigenvalue weighted by atomic mass is 10.2. The summed E-state index contributed by atoms with van der Waals surface area (Å²) in [5.74, 6) is 0. The van der Waals surface area contributed by atoms with E-state index in [1.807, 2.05) is 19.1 Å². The first kappa shape index (κ1) is 12.7. The summed E-state index contributed by atoms with van der Waals surface area (Å²) < 4.78 is 26.6. The number of nitrogens with one attached hydrogen (secondary N) is 2. The SMILES string of the molecule is Cc1ccc(S(=O)(=O)NCc2ccc[nH+]c2)cc1. The van der Waals surface area contributed by atoms with Gasteiger partial charge in [-0.3, -0.25) is 0 Å². The fraction of sp³-hybridized carbons (Fsp3) is 0.154. The van der Waals surface area contributed by atoms with Crippen LogP contribution in [0.15, 0.2) is 53.7 Å². The normalized spacial score (nSPS) is 11.4. The minimum atomic E-state index is -3.44. The van der Waals surface area contributed by atoms with Gasteiger partial charge in [0.15, 0.2) is 12.4 Å². The van der Waals surface area contributed by atoms with Gasteiger partial charge in [0.1, 0.15) is 0 Å². The zero-order valence-electron chi connectivity index (χ0n) is 10.1. The summed E-state index contributed by atoms with van der Waals surface area (Å²) in [5, 5.41) is 0. The molecule has 1 aromatic heterocycles. The molecule has 0 aliphatic carbocycles. The quantitative estimate of drug-likeness (QED) is 0.903. The molecule has 0 radical (unpaired) electrons. The van der Waals surface area contributed by atoms with Gasteiger partial charge >= 0.3 is 0 Å². The third kappa shape index (κ3) is 3.15. The number of benzene rings is 1. The summed E-state index contributed by atoms with van der Waals surface area (Å²) in [6.07, 6.45) is 3.54. The monoisotopic (exact) mass is 263 g/mol. The van der Waals surface area contributed by atoms with Crippen LogP contribution in [0.2, 0.25) is 0 Å². The predicted molar refractivity (Wildman–Crippen MR) is 68.2 cm³/mol. The van der Waals surface area contributed by atoms with Crippen LogP contribution in [0.5, 0.6) is 0 Å². The Kier molecular flexibility index (Phi) is 3.74. The molecule has 18 heavy (non-hydrogen) atoms. The van der Waals surface area contributed by atoms with Crippen molar-refractivity contribution in [3.05, 3.63) is 59.9 Å². The largest absolute Gasteiger partial charge is 0.240 e. The number of rotatable bonds is 4. The Hall–Kier alpha value is -1.72. The van der Waals surface area contributed by atoms with Crippen LogP contribution >= 0.6 is 0 Å². The Morgan fingerprint density at radius 1 is 1.17 bits per heavy atom. The van der Waals surface area contributed by atoms with Gasteiger partial charge in [-0.1, -0.05) is 17.7 Å². The molecule has 0 saturated carbocycles. The van der Waals surface area contributed by atoms with E-state index in [2.05, 4.69) is 9.71 Å². The van der Waals surface area contributed by atoms with Gasteiger partial charge in [-0.05, 0) is 25.1 Å². The molecule has 1 aromatic carbocycles. The summed E-state index contributed by atoms with van der Waals surface area (Å²) in [5.41, 5.74) is 1.92. The van der Waals surface area contributed by atoms with Gasteiger partial charge in [0, 0.05) is 18.2 Å². The molecule has 0 fully saturated rings. The van der Waals surface area contributed by atoms with E-state index in [-0.39, 0.29) is 11.4 Å². The highest BCUT2D eigenvalue weighted by Gasteiger charge is 2.13. The molecular weight excluding hydrogens is 248 g/mol. The van der Waals surface area contributed by atoms with Crippen molar-refractivity contribution in [1.82, 2.24) is 4.72 Å². The van der Waals surface area contributed by atoms with Crippen molar-refractivity contribution in [3.63, 3.8) is 0 Å². The van der Waals surface area contributed by atoms with Crippen LogP contribution in [-0.2, 0) is 16.6 Å². The molecule has 0 bridgehead atoms. The second-order valence-electron chi connectivity index (χ2n) is 4.05. The average Bonchev–Trinajstić information content (AvgIpc) is 2.38. The highest BCUT2D eigenvalue weighted by Crippen LogP contribution is 2.10. The van der Waals surface area contributed by atoms with Gasteiger partial charge in [0.05, 0.1) is 4.90 Å². The maximum absolute atomic E-state index is 12.0. The van der Waals surface area contributed by atoms with E-state index in [9.17, 15) is 8.42 Å². The molecule has 0 saturated heterocycles. The van der Waals surface area contributed by atoms with Crippen molar-refractivity contribution in [2.75, 3.05) is 0 Å². The van der Waals surface area contributed by atoms with E-state index in [1.165, 1.54) is 0 Å². The molecule has 1 heterocycles. The van der Waals surface area contributed by atoms with Crippen LogP contribution in [0, 0.1) is 6.92 Å². The molecule has 5 heteroatoms. The maximum Gasteiger partial charge on any atom is 0.240 e. The van der Waals surface area contributed by atoms with Crippen LogP contribution in [-0.4, -0.2) is 8.42 Å². The number of aryl methyl sites for hydroxylation is 1. The topological polar surface area (TPSA) is 60.3 Å². The van der Waals surface area contributed by atoms with Crippen LogP contribution in [0.1, 0.15) is 11.1 Å². The van der Waals surface area contributed by atoms with Crippen LogP contribution in [0.3, 0.4) is 0 Å². The van der Waals surface area contributed by atoms with Crippen molar-refractivity contribution in [2.24, 2.45) is 0 Å². The molecule has 0 amide bonds. The van der Waals surface area contributed by atoms with Crippen molar-refractivity contribution in [3.8, 4) is 0 Å². The fourth-order valence-corrected chi connectivity index (χ4v) is 2.54. The number of pyridine rings is 1. The third-order valence-corrected chi connectivity index (χ3v) is 3.99. The summed E-state index contributed by atoms with van der Waals surface area (Å²) in [6.45, 7) is 2.19. The molecule has 4 nitrogen and oxygen atoms in total. The second kappa shape index (κ2) is 5.29. The van der Waals surface area contributed by atoms with Crippen molar-refractivity contribution in [2.45, 2.75) is 18.4 Å². The highest BCUT2D eigenvalue weighted by molar-refractivity contribution is 7.89. The lowest BCUT2D eigenvalue weighted by molar-refractivity contribution is -0.378. The first-order valence-corrected chi connectivity index (χ1v) is 7.07. The number of H-pyrrole nitrogens is 1. The number of aromatic amines is 1. The van der Waals surface area contributed by atoms with Crippen molar-refractivity contribution in [1.29, 1.82) is 0 Å². The Bertz CT molecular complexity index is 607. The first-order valence-electron chi connectivity index (χ1n) is 5.59. The van der Waals surface area contributed by atoms with E-state index in [4.69, 9.17) is 0 Å². The molecule has 2 N–H and O–H groups in total. The first-order chi connectivity index (χ1) is 8.58. The lowest BCUT2D eigenvalue weighted by Crippen LogP contribution is -2.23. The summed E-state index contributed by atoms with van der Waals surface area (Å²) in [7, 11) is -3.44. The molecular formula is C13H15N2O2S+. The van der Waals surface area contributed by atoms with Gasteiger partial charge in [0.2, 0.25) is 10.0 Å². The summed E-state index contributed by atoms with van der Waals surface area (Å²) in [6, 6.07) is 10.5. The van der Waals surface area contributed by atoms with Crippen LogP contribution in [0.4, 0.5) is 0 Å². The zero-order valence-corrected chi connectivity index (χ0v) is 10.9. The molecule has 94 valence electrons. The predicted octanol–water partition coefficient (Wildman–Crippen LogP) is 1.29. The van der Waals surface area contributed by atoms with Crippen molar-refractivity contribution < 1.29 is 13.4 Å². The Morgan fingerprint density at radius 3 is 2.50 bits per heavy atom. The Morgan fingerprint density at radius 2 is 1.89 bits per heavy atom.